The first-order valence-corrected chi connectivity index (χ1v) is 5.18. The van der Waals surface area contributed by atoms with E-state index in [-0.39, 0.29) is 0 Å². The van der Waals surface area contributed by atoms with Gasteiger partial charge < -0.3 is 0 Å². The molecule has 0 fully saturated rings. The first-order valence-electron chi connectivity index (χ1n) is 3.99. The van der Waals surface area contributed by atoms with E-state index < -0.39 is 5.24 Å². The van der Waals surface area contributed by atoms with Crippen molar-refractivity contribution in [3.63, 3.8) is 0 Å². The van der Waals surface area contributed by atoms with Gasteiger partial charge in [-0.15, -0.1) is 11.3 Å². The van der Waals surface area contributed by atoms with Crippen molar-refractivity contribution in [2.24, 2.45) is 0 Å². The minimum Gasteiger partial charge on any atom is -0.276 e. The lowest BCUT2D eigenvalue weighted by molar-refractivity contribution is -0.107. The molecule has 1 aromatic heterocycles. The van der Waals surface area contributed by atoms with E-state index in [1.807, 2.05) is 24.3 Å². The van der Waals surface area contributed by atoms with Crippen LogP contribution in [-0.4, -0.2) is 10.2 Å². The average molecular weight is 224 g/mol. The van der Waals surface area contributed by atoms with Crippen LogP contribution in [0.3, 0.4) is 0 Å². The highest BCUT2D eigenvalue weighted by molar-refractivity contribution is 7.19. The third kappa shape index (κ3) is 2.00. The SMILES string of the molecule is O=C(Cl)C=Cc1nc2ccccc2s1. The summed E-state index contributed by atoms with van der Waals surface area (Å²) in [6, 6.07) is 7.82. The fourth-order valence-corrected chi connectivity index (χ4v) is 2.03. The number of thiazole rings is 1. The van der Waals surface area contributed by atoms with Crippen LogP contribution in [0.4, 0.5) is 0 Å². The van der Waals surface area contributed by atoms with Crippen molar-refractivity contribution < 1.29 is 4.79 Å². The van der Waals surface area contributed by atoms with Crippen LogP contribution in [0.1, 0.15) is 5.01 Å². The maximum Gasteiger partial charge on any atom is 0.245 e. The van der Waals surface area contributed by atoms with Gasteiger partial charge in [0, 0.05) is 6.08 Å². The highest BCUT2D eigenvalue weighted by atomic mass is 35.5. The van der Waals surface area contributed by atoms with Crippen LogP contribution >= 0.6 is 22.9 Å². The number of hydrogen-bond donors (Lipinski definition) is 0. The fraction of sp³-hybridized carbons (Fsp3) is 0. The van der Waals surface area contributed by atoms with Gasteiger partial charge in [0.2, 0.25) is 5.24 Å². The van der Waals surface area contributed by atoms with E-state index in [9.17, 15) is 4.79 Å². The second-order valence-electron chi connectivity index (χ2n) is 2.66. The third-order valence-electron chi connectivity index (χ3n) is 1.67. The number of allylic oxidation sites excluding steroid dienone is 1. The van der Waals surface area contributed by atoms with Gasteiger partial charge in [0.1, 0.15) is 5.01 Å². The van der Waals surface area contributed by atoms with Crippen molar-refractivity contribution in [3.05, 3.63) is 35.3 Å². The first-order chi connectivity index (χ1) is 6.75. The number of para-hydroxylation sites is 1. The maximum atomic E-state index is 10.5. The Morgan fingerprint density at radius 1 is 1.43 bits per heavy atom. The van der Waals surface area contributed by atoms with E-state index in [2.05, 4.69) is 4.98 Å². The molecule has 0 amide bonds. The Morgan fingerprint density at radius 2 is 2.21 bits per heavy atom. The number of hydrogen-bond acceptors (Lipinski definition) is 3. The van der Waals surface area contributed by atoms with Gasteiger partial charge in [-0.25, -0.2) is 4.98 Å². The zero-order valence-corrected chi connectivity index (χ0v) is 8.68. The Hall–Kier alpha value is -1.19. The molecule has 0 radical (unpaired) electrons. The number of carbonyl (C=O) groups is 1. The maximum absolute atomic E-state index is 10.5. The van der Waals surface area contributed by atoms with Gasteiger partial charge >= 0.3 is 0 Å². The van der Waals surface area contributed by atoms with E-state index in [0.717, 1.165) is 15.2 Å². The Balaban J connectivity index is 2.40. The zero-order valence-electron chi connectivity index (χ0n) is 7.11. The quantitative estimate of drug-likeness (QED) is 0.579. The van der Waals surface area contributed by atoms with Crippen molar-refractivity contribution in [1.29, 1.82) is 0 Å². The van der Waals surface area contributed by atoms with E-state index in [4.69, 9.17) is 11.6 Å². The standard InChI is InChI=1S/C10H6ClNOS/c11-9(13)5-6-10-12-7-3-1-2-4-8(7)14-10/h1-6H. The summed E-state index contributed by atoms with van der Waals surface area (Å²) < 4.78 is 1.11. The number of benzene rings is 1. The number of fused-ring (bicyclic) bond motifs is 1. The molecule has 70 valence electrons. The molecular weight excluding hydrogens is 218 g/mol. The van der Waals surface area contributed by atoms with E-state index in [0.29, 0.717) is 0 Å². The summed E-state index contributed by atoms with van der Waals surface area (Å²) in [6.07, 6.45) is 2.93. The number of aromatic nitrogens is 1. The molecule has 2 aromatic rings. The second kappa shape index (κ2) is 3.90. The number of carbonyl (C=O) groups excluding carboxylic acids is 1. The van der Waals surface area contributed by atoms with E-state index in [1.165, 1.54) is 17.4 Å². The molecular formula is C10H6ClNOS. The molecule has 0 N–H and O–H groups in total. The van der Waals surface area contributed by atoms with Crippen molar-refractivity contribution in [2.45, 2.75) is 0 Å². The molecule has 1 heterocycles. The Kier molecular flexibility index (Phi) is 2.61. The van der Waals surface area contributed by atoms with Crippen molar-refractivity contribution in [3.8, 4) is 0 Å². The molecule has 0 atom stereocenters. The molecule has 0 bridgehead atoms. The molecule has 14 heavy (non-hydrogen) atoms. The largest absolute Gasteiger partial charge is 0.276 e. The predicted molar refractivity (Wildman–Crippen MR) is 59.5 cm³/mol. The van der Waals surface area contributed by atoms with E-state index >= 15 is 0 Å². The summed E-state index contributed by atoms with van der Waals surface area (Å²) in [7, 11) is 0. The van der Waals surface area contributed by atoms with Gasteiger partial charge in [0.15, 0.2) is 0 Å². The Morgan fingerprint density at radius 3 is 2.93 bits per heavy atom. The van der Waals surface area contributed by atoms with Gasteiger partial charge in [-0.1, -0.05) is 12.1 Å². The van der Waals surface area contributed by atoms with Gasteiger partial charge in [0.25, 0.3) is 0 Å². The first kappa shape index (κ1) is 9.37. The van der Waals surface area contributed by atoms with Gasteiger partial charge in [0.05, 0.1) is 10.2 Å². The summed E-state index contributed by atoms with van der Waals surface area (Å²) >= 11 is 6.71. The van der Waals surface area contributed by atoms with Crippen LogP contribution in [0, 0.1) is 0 Å². The van der Waals surface area contributed by atoms with Crippen LogP contribution in [0.25, 0.3) is 16.3 Å². The molecule has 2 nitrogen and oxygen atoms in total. The van der Waals surface area contributed by atoms with Crippen molar-refractivity contribution in [2.75, 3.05) is 0 Å². The summed E-state index contributed by atoms with van der Waals surface area (Å²) in [6.45, 7) is 0. The molecule has 0 saturated carbocycles. The van der Waals surface area contributed by atoms with Gasteiger partial charge in [-0.2, -0.15) is 0 Å². The highest BCUT2D eigenvalue weighted by Gasteiger charge is 1.99. The summed E-state index contributed by atoms with van der Waals surface area (Å²) in [5.74, 6) is 0. The lowest BCUT2D eigenvalue weighted by atomic mass is 10.3. The van der Waals surface area contributed by atoms with Crippen LogP contribution in [0.2, 0.25) is 0 Å². The lowest BCUT2D eigenvalue weighted by Crippen LogP contribution is -1.74. The fourth-order valence-electron chi connectivity index (χ4n) is 1.10. The Bertz CT molecular complexity index is 471. The molecule has 1 aromatic carbocycles. The third-order valence-corrected chi connectivity index (χ3v) is 2.80. The zero-order chi connectivity index (χ0) is 9.97. The molecule has 0 aliphatic heterocycles. The van der Waals surface area contributed by atoms with Crippen LogP contribution < -0.4 is 0 Å². The monoisotopic (exact) mass is 223 g/mol. The molecule has 2 rings (SSSR count). The van der Waals surface area contributed by atoms with Gasteiger partial charge in [-0.3, -0.25) is 4.79 Å². The number of rotatable bonds is 2. The van der Waals surface area contributed by atoms with Crippen LogP contribution in [0.15, 0.2) is 30.3 Å². The molecule has 0 unspecified atom stereocenters. The van der Waals surface area contributed by atoms with E-state index in [1.54, 1.807) is 6.08 Å². The van der Waals surface area contributed by atoms with Crippen LogP contribution in [0.5, 0.6) is 0 Å². The molecule has 4 heteroatoms. The lowest BCUT2D eigenvalue weighted by Gasteiger charge is -1.80. The highest BCUT2D eigenvalue weighted by Crippen LogP contribution is 2.22. The minimum absolute atomic E-state index is 0.482. The van der Waals surface area contributed by atoms with Gasteiger partial charge in [-0.05, 0) is 29.8 Å². The summed E-state index contributed by atoms with van der Waals surface area (Å²) in [5.41, 5.74) is 0.944. The summed E-state index contributed by atoms with van der Waals surface area (Å²) in [5, 5.41) is 0.310. The Labute approximate surface area is 89.8 Å². The second-order valence-corrected chi connectivity index (χ2v) is 4.09. The molecule has 0 aliphatic rings. The van der Waals surface area contributed by atoms with Crippen LogP contribution in [-0.2, 0) is 4.79 Å². The number of nitrogens with zero attached hydrogens (tertiary/aromatic N) is 1. The summed E-state index contributed by atoms with van der Waals surface area (Å²) in [4.78, 5) is 14.8. The minimum atomic E-state index is -0.482. The average Bonchev–Trinajstić information content (AvgIpc) is 2.57. The van der Waals surface area contributed by atoms with Crippen molar-refractivity contribution >= 4 is 44.5 Å². The predicted octanol–water partition coefficient (Wildman–Crippen LogP) is 3.07. The molecule has 0 saturated heterocycles. The molecule has 0 spiro atoms. The van der Waals surface area contributed by atoms with Crippen molar-refractivity contribution in [1.82, 2.24) is 4.98 Å². The topological polar surface area (TPSA) is 30.0 Å². The smallest absolute Gasteiger partial charge is 0.245 e. The number of halogens is 1. The normalized spacial score (nSPS) is 11.2. The molecule has 0 aliphatic carbocycles.